The maximum atomic E-state index is 14.1. The quantitative estimate of drug-likeness (QED) is 0.613. The number of hydrogen-bond acceptors (Lipinski definition) is 3. The zero-order valence-electron chi connectivity index (χ0n) is 21.8. The standard InChI is InChI=1S/C30H41N3O2/c1-27(2,24-12-7-5-8-13-24)32-22-28(33(26(32)34)23-29(35)16-11-17-29)18-20-30(21-19-28,31(3)4)25-14-9-6-10-15-25/h5-10,12-15,35H,11,16-23H2,1-4H3. The molecular weight excluding hydrogens is 434 g/mol. The first-order chi connectivity index (χ1) is 16.6. The van der Waals surface area contributed by atoms with Crippen LogP contribution in [0.3, 0.4) is 0 Å². The Labute approximate surface area is 210 Å². The van der Waals surface area contributed by atoms with Crippen molar-refractivity contribution in [2.24, 2.45) is 0 Å². The van der Waals surface area contributed by atoms with Crippen LogP contribution in [-0.2, 0) is 11.1 Å². The minimum absolute atomic E-state index is 0.0308. The monoisotopic (exact) mass is 475 g/mol. The molecule has 3 fully saturated rings. The van der Waals surface area contributed by atoms with Crippen molar-refractivity contribution in [3.05, 3.63) is 71.8 Å². The van der Waals surface area contributed by atoms with Gasteiger partial charge in [-0.25, -0.2) is 4.79 Å². The van der Waals surface area contributed by atoms with Crippen LogP contribution in [0.5, 0.6) is 0 Å². The van der Waals surface area contributed by atoms with Gasteiger partial charge in [-0.2, -0.15) is 0 Å². The highest BCUT2D eigenvalue weighted by molar-refractivity contribution is 5.79. The number of rotatable bonds is 6. The molecule has 3 aliphatic rings. The number of β-amino-alcohol motifs (C(OH)–C–C–N with tert-alkyl or cyclic N) is 1. The van der Waals surface area contributed by atoms with Gasteiger partial charge in [0.15, 0.2) is 0 Å². The highest BCUT2D eigenvalue weighted by Crippen LogP contribution is 2.51. The largest absolute Gasteiger partial charge is 0.388 e. The molecule has 1 saturated heterocycles. The van der Waals surface area contributed by atoms with Crippen molar-refractivity contribution in [2.75, 3.05) is 27.2 Å². The van der Waals surface area contributed by atoms with E-state index in [1.165, 1.54) is 5.56 Å². The van der Waals surface area contributed by atoms with Gasteiger partial charge in [0.25, 0.3) is 0 Å². The summed E-state index contributed by atoms with van der Waals surface area (Å²) in [4.78, 5) is 20.7. The van der Waals surface area contributed by atoms with Crippen molar-refractivity contribution in [2.45, 2.75) is 81.0 Å². The molecule has 35 heavy (non-hydrogen) atoms. The van der Waals surface area contributed by atoms with Crippen molar-refractivity contribution in [3.8, 4) is 0 Å². The average Bonchev–Trinajstić information content (AvgIpc) is 3.11. The van der Waals surface area contributed by atoms with Gasteiger partial charge in [-0.05, 0) is 84.0 Å². The Balaban J connectivity index is 1.48. The van der Waals surface area contributed by atoms with Crippen LogP contribution in [0.25, 0.3) is 0 Å². The summed E-state index contributed by atoms with van der Waals surface area (Å²) in [6, 6.07) is 21.3. The molecule has 0 unspecified atom stereocenters. The number of hydrogen-bond donors (Lipinski definition) is 1. The Morgan fingerprint density at radius 3 is 1.97 bits per heavy atom. The van der Waals surface area contributed by atoms with Gasteiger partial charge in [0.1, 0.15) is 0 Å². The molecule has 1 aliphatic heterocycles. The first kappa shape index (κ1) is 24.3. The van der Waals surface area contributed by atoms with Gasteiger partial charge >= 0.3 is 6.03 Å². The van der Waals surface area contributed by atoms with Crippen molar-refractivity contribution < 1.29 is 9.90 Å². The van der Waals surface area contributed by atoms with Crippen LogP contribution >= 0.6 is 0 Å². The number of carbonyl (C=O) groups is 1. The molecule has 2 saturated carbocycles. The summed E-state index contributed by atoms with van der Waals surface area (Å²) in [6.07, 6.45) is 6.48. The molecule has 1 spiro atoms. The summed E-state index contributed by atoms with van der Waals surface area (Å²) >= 11 is 0. The first-order valence-electron chi connectivity index (χ1n) is 13.2. The normalized spacial score (nSPS) is 28.6. The smallest absolute Gasteiger partial charge is 0.321 e. The lowest BCUT2D eigenvalue weighted by molar-refractivity contribution is -0.0725. The average molecular weight is 476 g/mol. The maximum Gasteiger partial charge on any atom is 0.321 e. The minimum atomic E-state index is -0.731. The molecular formula is C30H41N3O2. The fourth-order valence-electron chi connectivity index (χ4n) is 6.81. The van der Waals surface area contributed by atoms with Gasteiger partial charge in [0.05, 0.1) is 23.2 Å². The van der Waals surface area contributed by atoms with Gasteiger partial charge < -0.3 is 14.9 Å². The van der Waals surface area contributed by atoms with E-state index in [9.17, 15) is 9.90 Å². The second-order valence-corrected chi connectivity index (χ2v) is 12.0. The molecule has 2 aliphatic carbocycles. The summed E-state index contributed by atoms with van der Waals surface area (Å²) in [6.45, 7) is 5.48. The lowest BCUT2D eigenvalue weighted by atomic mass is 9.67. The van der Waals surface area contributed by atoms with Gasteiger partial charge in [0.2, 0.25) is 0 Å². The summed E-state index contributed by atoms with van der Waals surface area (Å²) in [7, 11) is 4.37. The lowest BCUT2D eigenvalue weighted by Gasteiger charge is -2.52. The number of amides is 2. The molecule has 2 aromatic carbocycles. The highest BCUT2D eigenvalue weighted by atomic mass is 16.3. The Morgan fingerprint density at radius 1 is 0.886 bits per heavy atom. The van der Waals surface area contributed by atoms with Crippen LogP contribution in [0, 0.1) is 0 Å². The van der Waals surface area contributed by atoms with Crippen molar-refractivity contribution >= 4 is 6.03 Å². The van der Waals surface area contributed by atoms with Gasteiger partial charge in [-0.1, -0.05) is 60.7 Å². The number of urea groups is 1. The summed E-state index contributed by atoms with van der Waals surface area (Å²) in [5.74, 6) is 0. The second kappa shape index (κ2) is 8.63. The van der Waals surface area contributed by atoms with Crippen molar-refractivity contribution in [3.63, 3.8) is 0 Å². The predicted octanol–water partition coefficient (Wildman–Crippen LogP) is 5.34. The lowest BCUT2D eigenvalue weighted by Crippen LogP contribution is -2.59. The molecule has 5 nitrogen and oxygen atoms in total. The molecule has 1 N–H and O–H groups in total. The zero-order valence-corrected chi connectivity index (χ0v) is 21.8. The van der Waals surface area contributed by atoms with Gasteiger partial charge in [-0.15, -0.1) is 0 Å². The summed E-state index contributed by atoms with van der Waals surface area (Å²) in [5.41, 5.74) is 1.08. The maximum absolute atomic E-state index is 14.1. The van der Waals surface area contributed by atoms with Crippen LogP contribution < -0.4 is 0 Å². The topological polar surface area (TPSA) is 47.0 Å². The van der Waals surface area contributed by atoms with E-state index in [1.807, 2.05) is 18.2 Å². The Bertz CT molecular complexity index is 1040. The second-order valence-electron chi connectivity index (χ2n) is 12.0. The van der Waals surface area contributed by atoms with E-state index in [0.29, 0.717) is 13.1 Å². The summed E-state index contributed by atoms with van der Waals surface area (Å²) < 4.78 is 0. The van der Waals surface area contributed by atoms with Crippen molar-refractivity contribution in [1.82, 2.24) is 14.7 Å². The van der Waals surface area contributed by atoms with E-state index in [0.717, 1.165) is 50.5 Å². The molecule has 5 rings (SSSR count). The number of benzene rings is 2. The zero-order chi connectivity index (χ0) is 24.9. The van der Waals surface area contributed by atoms with Gasteiger partial charge in [0, 0.05) is 12.1 Å². The Hall–Kier alpha value is -2.37. The third-order valence-corrected chi connectivity index (χ3v) is 9.55. The van der Waals surface area contributed by atoms with Crippen LogP contribution in [-0.4, -0.2) is 64.2 Å². The Morgan fingerprint density at radius 2 is 1.46 bits per heavy atom. The van der Waals surface area contributed by atoms with Crippen LogP contribution in [0.15, 0.2) is 60.7 Å². The predicted molar refractivity (Wildman–Crippen MR) is 140 cm³/mol. The Kier molecular flexibility index (Phi) is 6.00. The van der Waals surface area contributed by atoms with E-state index in [-0.39, 0.29) is 17.1 Å². The molecule has 5 heteroatoms. The van der Waals surface area contributed by atoms with E-state index in [2.05, 4.69) is 85.1 Å². The highest BCUT2D eigenvalue weighted by Gasteiger charge is 2.58. The van der Waals surface area contributed by atoms with E-state index in [4.69, 9.17) is 0 Å². The number of nitrogens with zero attached hydrogens (tertiary/aromatic N) is 3. The number of aliphatic hydroxyl groups is 1. The van der Waals surface area contributed by atoms with E-state index >= 15 is 0 Å². The summed E-state index contributed by atoms with van der Waals surface area (Å²) in [5, 5.41) is 11.2. The molecule has 1 heterocycles. The van der Waals surface area contributed by atoms with E-state index in [1.54, 1.807) is 0 Å². The number of carbonyl (C=O) groups excluding carboxylic acids is 1. The molecule has 0 bridgehead atoms. The SMILES string of the molecule is CN(C)C1(c2ccccc2)CCC2(CC1)CN(C(C)(C)c1ccccc1)C(=O)N2CC1(O)CCC1. The van der Waals surface area contributed by atoms with Gasteiger partial charge in [-0.3, -0.25) is 4.90 Å². The third-order valence-electron chi connectivity index (χ3n) is 9.55. The molecule has 2 amide bonds. The first-order valence-corrected chi connectivity index (χ1v) is 13.2. The molecule has 0 aromatic heterocycles. The fraction of sp³-hybridized carbons (Fsp3) is 0.567. The third kappa shape index (κ3) is 3.97. The molecule has 2 aromatic rings. The minimum Gasteiger partial charge on any atom is -0.388 e. The van der Waals surface area contributed by atoms with Crippen LogP contribution in [0.1, 0.15) is 69.9 Å². The molecule has 0 radical (unpaired) electrons. The van der Waals surface area contributed by atoms with Crippen LogP contribution in [0.4, 0.5) is 4.79 Å². The van der Waals surface area contributed by atoms with E-state index < -0.39 is 11.1 Å². The van der Waals surface area contributed by atoms with Crippen molar-refractivity contribution in [1.29, 1.82) is 0 Å². The molecule has 188 valence electrons. The fourth-order valence-corrected chi connectivity index (χ4v) is 6.81. The molecule has 0 atom stereocenters. The van der Waals surface area contributed by atoms with Crippen LogP contribution in [0.2, 0.25) is 0 Å².